The minimum Gasteiger partial charge on any atom is -0.365 e. The molecule has 0 fully saturated rings. The fraction of sp³-hybridized carbons (Fsp3) is 0.150. The molecule has 2 N–H and O–H groups in total. The zero-order valence-electron chi connectivity index (χ0n) is 15.4. The second-order valence-electron chi connectivity index (χ2n) is 6.37. The van der Waals surface area contributed by atoms with Gasteiger partial charge < -0.3 is 10.6 Å². The van der Waals surface area contributed by atoms with Crippen LogP contribution in [-0.4, -0.2) is 30.7 Å². The number of amides is 1. The third-order valence-corrected chi connectivity index (χ3v) is 4.49. The standard InChI is InChI=1S/C20H18ClN7O/c21-15-5-3-14(4-6-15)12-23-17-7-8-18-25-26-19(28(18)27-17)9-10-20(29)24-16-2-1-11-22-13-16/h1-8,11,13H,9-10,12H2,(H,23,27)(H,24,29). The lowest BCUT2D eigenvalue weighted by Gasteiger charge is -2.07. The number of carbonyl (C=O) groups excluding carboxylic acids is 1. The number of anilines is 2. The lowest BCUT2D eigenvalue weighted by Crippen LogP contribution is -2.13. The van der Waals surface area contributed by atoms with Gasteiger partial charge in [-0.05, 0) is 42.0 Å². The number of carbonyl (C=O) groups is 1. The van der Waals surface area contributed by atoms with E-state index in [0.29, 0.717) is 41.0 Å². The van der Waals surface area contributed by atoms with E-state index >= 15 is 0 Å². The summed E-state index contributed by atoms with van der Waals surface area (Å²) in [5.41, 5.74) is 2.38. The largest absolute Gasteiger partial charge is 0.365 e. The maximum Gasteiger partial charge on any atom is 0.224 e. The van der Waals surface area contributed by atoms with Gasteiger partial charge in [0.15, 0.2) is 11.5 Å². The summed E-state index contributed by atoms with van der Waals surface area (Å²) >= 11 is 5.91. The molecule has 0 radical (unpaired) electrons. The van der Waals surface area contributed by atoms with E-state index in [1.165, 1.54) is 0 Å². The number of nitrogens with one attached hydrogen (secondary N) is 2. The molecule has 0 saturated heterocycles. The summed E-state index contributed by atoms with van der Waals surface area (Å²) in [6.07, 6.45) is 3.94. The van der Waals surface area contributed by atoms with Gasteiger partial charge in [0.2, 0.25) is 5.91 Å². The van der Waals surface area contributed by atoms with Crippen molar-refractivity contribution in [3.63, 3.8) is 0 Å². The van der Waals surface area contributed by atoms with Crippen LogP contribution in [0.5, 0.6) is 0 Å². The van der Waals surface area contributed by atoms with Crippen LogP contribution < -0.4 is 10.6 Å². The van der Waals surface area contributed by atoms with Gasteiger partial charge in [-0.1, -0.05) is 23.7 Å². The molecule has 4 rings (SSSR count). The number of nitrogens with zero attached hydrogens (tertiary/aromatic N) is 5. The fourth-order valence-corrected chi connectivity index (χ4v) is 2.89. The number of hydrogen-bond acceptors (Lipinski definition) is 6. The number of rotatable bonds is 7. The SMILES string of the molecule is O=C(CCc1nnc2ccc(NCc3ccc(Cl)cc3)nn12)Nc1cccnc1. The number of halogens is 1. The molecule has 9 heteroatoms. The highest BCUT2D eigenvalue weighted by molar-refractivity contribution is 6.30. The van der Waals surface area contributed by atoms with Crippen LogP contribution in [-0.2, 0) is 17.8 Å². The predicted molar refractivity (Wildman–Crippen MR) is 111 cm³/mol. The van der Waals surface area contributed by atoms with Crippen molar-refractivity contribution in [3.8, 4) is 0 Å². The Hall–Kier alpha value is -3.52. The number of aryl methyl sites for hydroxylation is 1. The molecule has 146 valence electrons. The Balaban J connectivity index is 1.40. The molecular formula is C20H18ClN7O. The van der Waals surface area contributed by atoms with Crippen LogP contribution in [0.4, 0.5) is 11.5 Å². The topological polar surface area (TPSA) is 97.1 Å². The maximum absolute atomic E-state index is 12.2. The van der Waals surface area contributed by atoms with E-state index < -0.39 is 0 Å². The number of fused-ring (bicyclic) bond motifs is 1. The number of aromatic nitrogens is 5. The molecule has 0 spiro atoms. The van der Waals surface area contributed by atoms with Crippen molar-refractivity contribution in [1.29, 1.82) is 0 Å². The van der Waals surface area contributed by atoms with Gasteiger partial charge in [-0.15, -0.1) is 15.3 Å². The highest BCUT2D eigenvalue weighted by Crippen LogP contribution is 2.13. The van der Waals surface area contributed by atoms with Crippen LogP contribution in [0.3, 0.4) is 0 Å². The van der Waals surface area contributed by atoms with Gasteiger partial charge in [0, 0.05) is 30.6 Å². The molecule has 0 saturated carbocycles. The lowest BCUT2D eigenvalue weighted by molar-refractivity contribution is -0.116. The Bertz CT molecular complexity index is 1110. The average Bonchev–Trinajstić information content (AvgIpc) is 3.15. The van der Waals surface area contributed by atoms with Gasteiger partial charge in [-0.2, -0.15) is 4.52 Å². The first-order chi connectivity index (χ1) is 14.2. The van der Waals surface area contributed by atoms with Gasteiger partial charge in [0.25, 0.3) is 0 Å². The van der Waals surface area contributed by atoms with Gasteiger partial charge in [0.05, 0.1) is 11.9 Å². The molecule has 0 aliphatic carbocycles. The summed E-state index contributed by atoms with van der Waals surface area (Å²) in [5.74, 6) is 1.19. The summed E-state index contributed by atoms with van der Waals surface area (Å²) in [7, 11) is 0. The molecule has 0 unspecified atom stereocenters. The molecule has 3 heterocycles. The molecule has 1 amide bonds. The molecule has 0 aliphatic heterocycles. The summed E-state index contributed by atoms with van der Waals surface area (Å²) in [4.78, 5) is 16.1. The molecule has 1 aromatic carbocycles. The second-order valence-corrected chi connectivity index (χ2v) is 6.81. The third-order valence-electron chi connectivity index (χ3n) is 4.24. The van der Waals surface area contributed by atoms with Crippen LogP contribution in [0.2, 0.25) is 5.02 Å². The maximum atomic E-state index is 12.2. The Morgan fingerprint density at radius 1 is 1.07 bits per heavy atom. The van der Waals surface area contributed by atoms with E-state index in [2.05, 4.69) is 30.9 Å². The van der Waals surface area contributed by atoms with E-state index in [4.69, 9.17) is 11.6 Å². The smallest absolute Gasteiger partial charge is 0.224 e. The van der Waals surface area contributed by atoms with E-state index in [-0.39, 0.29) is 12.3 Å². The first-order valence-corrected chi connectivity index (χ1v) is 9.45. The van der Waals surface area contributed by atoms with Crippen molar-refractivity contribution in [1.82, 2.24) is 24.8 Å². The molecule has 29 heavy (non-hydrogen) atoms. The highest BCUT2D eigenvalue weighted by atomic mass is 35.5. The molecule has 0 aliphatic rings. The van der Waals surface area contributed by atoms with Crippen molar-refractivity contribution in [3.05, 3.63) is 77.3 Å². The Labute approximate surface area is 172 Å². The lowest BCUT2D eigenvalue weighted by atomic mass is 10.2. The van der Waals surface area contributed by atoms with Gasteiger partial charge >= 0.3 is 0 Å². The fourth-order valence-electron chi connectivity index (χ4n) is 2.76. The van der Waals surface area contributed by atoms with E-state index in [1.54, 1.807) is 29.0 Å². The van der Waals surface area contributed by atoms with Crippen molar-refractivity contribution in [2.24, 2.45) is 0 Å². The first-order valence-electron chi connectivity index (χ1n) is 9.07. The number of pyridine rings is 1. The molecular weight excluding hydrogens is 390 g/mol. The average molecular weight is 408 g/mol. The van der Waals surface area contributed by atoms with E-state index in [9.17, 15) is 4.79 Å². The molecule has 0 atom stereocenters. The summed E-state index contributed by atoms with van der Waals surface area (Å²) in [6, 6.07) is 14.9. The Morgan fingerprint density at radius 3 is 2.72 bits per heavy atom. The van der Waals surface area contributed by atoms with Crippen LogP contribution in [0.15, 0.2) is 60.9 Å². The van der Waals surface area contributed by atoms with Gasteiger partial charge in [-0.3, -0.25) is 9.78 Å². The highest BCUT2D eigenvalue weighted by Gasteiger charge is 2.11. The summed E-state index contributed by atoms with van der Waals surface area (Å²) in [5, 5.41) is 19.6. The van der Waals surface area contributed by atoms with Crippen molar-refractivity contribution < 1.29 is 4.79 Å². The minimum atomic E-state index is -0.119. The van der Waals surface area contributed by atoms with Crippen LogP contribution >= 0.6 is 11.6 Å². The molecule has 8 nitrogen and oxygen atoms in total. The van der Waals surface area contributed by atoms with Crippen molar-refractivity contribution in [2.45, 2.75) is 19.4 Å². The molecule has 0 bridgehead atoms. The van der Waals surface area contributed by atoms with Crippen LogP contribution in [0.25, 0.3) is 5.65 Å². The second kappa shape index (κ2) is 8.66. The Kier molecular flexibility index (Phi) is 5.62. The monoisotopic (exact) mass is 407 g/mol. The summed E-state index contributed by atoms with van der Waals surface area (Å²) in [6.45, 7) is 0.612. The normalized spacial score (nSPS) is 10.8. The van der Waals surface area contributed by atoms with Gasteiger partial charge in [-0.25, -0.2) is 0 Å². The zero-order chi connectivity index (χ0) is 20.1. The minimum absolute atomic E-state index is 0.119. The molecule has 4 aromatic rings. The van der Waals surface area contributed by atoms with Crippen LogP contribution in [0.1, 0.15) is 17.8 Å². The van der Waals surface area contributed by atoms with Crippen molar-refractivity contribution >= 4 is 34.7 Å². The Morgan fingerprint density at radius 2 is 1.93 bits per heavy atom. The molecule has 3 aromatic heterocycles. The van der Waals surface area contributed by atoms with E-state index in [0.717, 1.165) is 5.56 Å². The summed E-state index contributed by atoms with van der Waals surface area (Å²) < 4.78 is 1.65. The zero-order valence-corrected chi connectivity index (χ0v) is 16.2. The first kappa shape index (κ1) is 18.8. The third kappa shape index (κ3) is 4.85. The quantitative estimate of drug-likeness (QED) is 0.487. The van der Waals surface area contributed by atoms with E-state index in [1.807, 2.05) is 36.4 Å². The van der Waals surface area contributed by atoms with Crippen LogP contribution in [0, 0.1) is 0 Å². The number of hydrogen-bond donors (Lipinski definition) is 2. The predicted octanol–water partition coefficient (Wildman–Crippen LogP) is 3.36. The van der Waals surface area contributed by atoms with Crippen molar-refractivity contribution in [2.75, 3.05) is 10.6 Å². The number of benzene rings is 1. The van der Waals surface area contributed by atoms with Gasteiger partial charge in [0.1, 0.15) is 5.82 Å².